The van der Waals surface area contributed by atoms with Crippen LogP contribution in [0, 0.1) is 0 Å². The SMILES string of the molecule is CC(COP(=O)(O)O)c1cccc2c1N(O)c1ccccc1S2. The minimum atomic E-state index is -4.52. The van der Waals surface area contributed by atoms with Crippen LogP contribution >= 0.6 is 19.6 Å². The molecule has 1 aliphatic rings. The van der Waals surface area contributed by atoms with E-state index in [4.69, 9.17) is 9.79 Å². The normalized spacial score (nSPS) is 15.0. The average molecular weight is 353 g/mol. The highest BCUT2D eigenvalue weighted by atomic mass is 32.2. The summed E-state index contributed by atoms with van der Waals surface area (Å²) in [6.45, 7) is 1.66. The van der Waals surface area contributed by atoms with E-state index < -0.39 is 7.82 Å². The Balaban J connectivity index is 1.96. The van der Waals surface area contributed by atoms with Crippen molar-refractivity contribution in [2.45, 2.75) is 22.6 Å². The van der Waals surface area contributed by atoms with Crippen molar-refractivity contribution in [3.63, 3.8) is 0 Å². The molecule has 3 rings (SSSR count). The number of hydrogen-bond donors (Lipinski definition) is 3. The van der Waals surface area contributed by atoms with Gasteiger partial charge in [0.15, 0.2) is 0 Å². The van der Waals surface area contributed by atoms with Crippen molar-refractivity contribution in [1.29, 1.82) is 0 Å². The number of benzene rings is 2. The van der Waals surface area contributed by atoms with E-state index >= 15 is 0 Å². The molecule has 6 nitrogen and oxygen atoms in total. The zero-order valence-corrected chi connectivity index (χ0v) is 14.0. The van der Waals surface area contributed by atoms with Crippen molar-refractivity contribution < 1.29 is 24.1 Å². The fourth-order valence-corrected chi connectivity index (χ4v) is 4.01. The molecule has 3 N–H and O–H groups in total. The Morgan fingerprint density at radius 2 is 1.87 bits per heavy atom. The third-order valence-electron chi connectivity index (χ3n) is 3.58. The molecule has 0 saturated carbocycles. The lowest BCUT2D eigenvalue weighted by Crippen LogP contribution is -2.19. The van der Waals surface area contributed by atoms with E-state index in [0.717, 1.165) is 20.4 Å². The molecule has 122 valence electrons. The van der Waals surface area contributed by atoms with Crippen LogP contribution in [0.4, 0.5) is 11.4 Å². The maximum absolute atomic E-state index is 10.9. The molecule has 23 heavy (non-hydrogen) atoms. The molecule has 2 aromatic carbocycles. The second-order valence-corrected chi connectivity index (χ2v) is 7.59. The first-order chi connectivity index (χ1) is 10.9. The predicted molar refractivity (Wildman–Crippen MR) is 87.3 cm³/mol. The van der Waals surface area contributed by atoms with E-state index in [9.17, 15) is 9.77 Å². The summed E-state index contributed by atoms with van der Waals surface area (Å²) in [6, 6.07) is 13.1. The fourth-order valence-electron chi connectivity index (χ4n) is 2.50. The molecule has 0 radical (unpaired) electrons. The van der Waals surface area contributed by atoms with Crippen molar-refractivity contribution in [3.05, 3.63) is 48.0 Å². The molecular weight excluding hydrogens is 337 g/mol. The third-order valence-corrected chi connectivity index (χ3v) is 5.18. The molecule has 0 aromatic heterocycles. The topological polar surface area (TPSA) is 90.2 Å². The Bertz CT molecular complexity index is 778. The van der Waals surface area contributed by atoms with E-state index in [-0.39, 0.29) is 12.5 Å². The maximum Gasteiger partial charge on any atom is 0.469 e. The molecule has 0 bridgehead atoms. The fraction of sp³-hybridized carbons (Fsp3) is 0.200. The lowest BCUT2D eigenvalue weighted by atomic mass is 9.99. The summed E-state index contributed by atoms with van der Waals surface area (Å²) in [5, 5.41) is 11.7. The smallest absolute Gasteiger partial charge is 0.303 e. The summed E-state index contributed by atoms with van der Waals surface area (Å²) in [5.74, 6) is -0.293. The first kappa shape index (κ1) is 16.5. The second kappa shape index (κ2) is 6.28. The second-order valence-electron chi connectivity index (χ2n) is 5.26. The number of anilines is 2. The molecule has 0 fully saturated rings. The number of fused-ring (bicyclic) bond motifs is 2. The van der Waals surface area contributed by atoms with Crippen LogP contribution in [0.2, 0.25) is 0 Å². The van der Waals surface area contributed by atoms with Crippen LogP contribution in [0.1, 0.15) is 18.4 Å². The molecule has 2 aromatic rings. The van der Waals surface area contributed by atoms with Gasteiger partial charge in [-0.05, 0) is 23.8 Å². The minimum Gasteiger partial charge on any atom is -0.303 e. The average Bonchev–Trinajstić information content (AvgIpc) is 2.51. The van der Waals surface area contributed by atoms with Crippen molar-refractivity contribution >= 4 is 31.0 Å². The van der Waals surface area contributed by atoms with Gasteiger partial charge in [0.25, 0.3) is 0 Å². The van der Waals surface area contributed by atoms with Crippen molar-refractivity contribution in [1.82, 2.24) is 0 Å². The monoisotopic (exact) mass is 353 g/mol. The van der Waals surface area contributed by atoms with Gasteiger partial charge in [-0.25, -0.2) is 9.63 Å². The highest BCUT2D eigenvalue weighted by Gasteiger charge is 2.27. The highest BCUT2D eigenvalue weighted by molar-refractivity contribution is 7.99. The summed E-state index contributed by atoms with van der Waals surface area (Å²) in [4.78, 5) is 19.5. The predicted octanol–water partition coefficient (Wildman–Crippen LogP) is 3.89. The van der Waals surface area contributed by atoms with Crippen molar-refractivity contribution in [2.75, 3.05) is 11.7 Å². The molecule has 0 spiro atoms. The summed E-state index contributed by atoms with van der Waals surface area (Å²) in [5.41, 5.74) is 2.07. The largest absolute Gasteiger partial charge is 0.469 e. The third kappa shape index (κ3) is 3.45. The van der Waals surface area contributed by atoms with Crippen LogP contribution in [0.25, 0.3) is 0 Å². The van der Waals surface area contributed by atoms with Gasteiger partial charge >= 0.3 is 7.82 Å². The zero-order valence-electron chi connectivity index (χ0n) is 12.3. The Kier molecular flexibility index (Phi) is 4.51. The summed E-state index contributed by atoms with van der Waals surface area (Å²) >= 11 is 1.55. The first-order valence-corrected chi connectivity index (χ1v) is 9.30. The number of hydrogen-bond acceptors (Lipinski definition) is 5. The maximum atomic E-state index is 10.9. The van der Waals surface area contributed by atoms with Gasteiger partial charge in [-0.3, -0.25) is 9.73 Å². The quantitative estimate of drug-likeness (QED) is 0.718. The van der Waals surface area contributed by atoms with Crippen LogP contribution < -0.4 is 5.06 Å². The van der Waals surface area contributed by atoms with Crippen LogP contribution in [0.15, 0.2) is 52.3 Å². The van der Waals surface area contributed by atoms with Crippen LogP contribution in [0.3, 0.4) is 0 Å². The van der Waals surface area contributed by atoms with Crippen LogP contribution in [-0.2, 0) is 9.09 Å². The molecule has 1 unspecified atom stereocenters. The number of nitrogens with zero attached hydrogens (tertiary/aromatic N) is 1. The Hall–Kier alpha value is -1.34. The van der Waals surface area contributed by atoms with Gasteiger partial charge in [0.05, 0.1) is 18.0 Å². The van der Waals surface area contributed by atoms with Gasteiger partial charge in [-0.1, -0.05) is 43.0 Å². The van der Waals surface area contributed by atoms with E-state index in [1.165, 1.54) is 0 Å². The molecular formula is C15H16NO5PS. The number of rotatable bonds is 4. The van der Waals surface area contributed by atoms with Gasteiger partial charge in [0, 0.05) is 15.7 Å². The molecule has 0 amide bonds. The van der Waals surface area contributed by atoms with Gasteiger partial charge in [-0.15, -0.1) is 0 Å². The van der Waals surface area contributed by atoms with Crippen molar-refractivity contribution in [3.8, 4) is 0 Å². The lowest BCUT2D eigenvalue weighted by Gasteiger charge is -2.30. The van der Waals surface area contributed by atoms with Gasteiger partial charge < -0.3 is 9.79 Å². The summed E-state index contributed by atoms with van der Waals surface area (Å²) in [7, 11) is -4.52. The minimum absolute atomic E-state index is 0.138. The molecule has 1 heterocycles. The lowest BCUT2D eigenvalue weighted by molar-refractivity contribution is 0.188. The van der Waals surface area contributed by atoms with E-state index in [1.54, 1.807) is 18.7 Å². The molecule has 8 heteroatoms. The standard InChI is InChI=1S/C15H16NO5PS/c1-10(9-21-22(18,19)20)11-5-4-8-14-15(11)16(17)12-6-2-3-7-13(12)23-14/h2-8,10,17H,9H2,1H3,(H2,18,19,20). The Morgan fingerprint density at radius 3 is 2.61 bits per heavy atom. The molecule has 1 atom stereocenters. The zero-order chi connectivity index (χ0) is 16.6. The number of phosphoric ester groups is 1. The van der Waals surface area contributed by atoms with Crippen LogP contribution in [-0.4, -0.2) is 21.6 Å². The van der Waals surface area contributed by atoms with Crippen molar-refractivity contribution in [2.24, 2.45) is 0 Å². The highest BCUT2D eigenvalue weighted by Crippen LogP contribution is 2.50. The van der Waals surface area contributed by atoms with Gasteiger partial charge in [0.1, 0.15) is 0 Å². The Labute approximate surface area is 137 Å². The Morgan fingerprint density at radius 1 is 1.17 bits per heavy atom. The van der Waals surface area contributed by atoms with E-state index in [2.05, 4.69) is 4.52 Å². The molecule has 0 aliphatic carbocycles. The van der Waals surface area contributed by atoms with Gasteiger partial charge in [-0.2, -0.15) is 0 Å². The summed E-state index contributed by atoms with van der Waals surface area (Å²) < 4.78 is 15.5. The number of phosphoric acid groups is 1. The number of para-hydroxylation sites is 2. The summed E-state index contributed by atoms with van der Waals surface area (Å²) in [6.07, 6.45) is 0. The first-order valence-electron chi connectivity index (χ1n) is 6.95. The molecule has 1 aliphatic heterocycles. The van der Waals surface area contributed by atoms with Gasteiger partial charge in [0.2, 0.25) is 0 Å². The van der Waals surface area contributed by atoms with E-state index in [1.807, 2.05) is 42.5 Å². The van der Waals surface area contributed by atoms with E-state index in [0.29, 0.717) is 11.4 Å². The molecule has 0 saturated heterocycles. The van der Waals surface area contributed by atoms with Crippen LogP contribution in [0.5, 0.6) is 0 Å².